The molecular formula is C25H23N3O4S. The normalized spacial score (nSPS) is 11.1. The minimum atomic E-state index is -3.88. The van der Waals surface area contributed by atoms with E-state index in [1.807, 2.05) is 44.2 Å². The summed E-state index contributed by atoms with van der Waals surface area (Å²) in [6, 6.07) is 22.7. The van der Waals surface area contributed by atoms with Gasteiger partial charge in [-0.05, 0) is 61.4 Å². The molecule has 1 aromatic heterocycles. The monoisotopic (exact) mass is 461 g/mol. The lowest BCUT2D eigenvalue weighted by Gasteiger charge is -2.15. The van der Waals surface area contributed by atoms with E-state index in [0.29, 0.717) is 11.4 Å². The van der Waals surface area contributed by atoms with E-state index < -0.39 is 10.0 Å². The minimum absolute atomic E-state index is 0.0862. The van der Waals surface area contributed by atoms with Crippen molar-refractivity contribution < 1.29 is 17.9 Å². The van der Waals surface area contributed by atoms with Crippen molar-refractivity contribution in [2.24, 2.45) is 0 Å². The topological polar surface area (TPSA) is 90.4 Å². The Kier molecular flexibility index (Phi) is 6.28. The smallest absolute Gasteiger partial charge is 0.264 e. The molecule has 8 heteroatoms. The van der Waals surface area contributed by atoms with Gasteiger partial charge in [-0.25, -0.2) is 18.1 Å². The first kappa shape index (κ1) is 22.3. The molecule has 0 saturated heterocycles. The maximum Gasteiger partial charge on any atom is 0.264 e. The standard InChI is InChI=1S/C25H23N3O4S/c1-17-14-20(31-3)15-18(2)24(17)22-16-23(32-19-10-6-4-7-11-19)27-25(26-22)28-33(29,30)21-12-8-5-9-13-21/h4-16H,1-3H3,(H,26,27,28). The fraction of sp³-hybridized carbons (Fsp3) is 0.120. The van der Waals surface area contributed by atoms with Crippen LogP contribution in [0, 0.1) is 13.8 Å². The minimum Gasteiger partial charge on any atom is -0.497 e. The van der Waals surface area contributed by atoms with Crippen molar-refractivity contribution in [3.63, 3.8) is 0 Å². The van der Waals surface area contributed by atoms with E-state index >= 15 is 0 Å². The highest BCUT2D eigenvalue weighted by molar-refractivity contribution is 7.92. The lowest BCUT2D eigenvalue weighted by atomic mass is 9.99. The van der Waals surface area contributed by atoms with Gasteiger partial charge < -0.3 is 9.47 Å². The van der Waals surface area contributed by atoms with Crippen LogP contribution in [-0.4, -0.2) is 25.5 Å². The summed E-state index contributed by atoms with van der Waals surface area (Å²) in [6.45, 7) is 3.89. The highest BCUT2D eigenvalue weighted by Crippen LogP contribution is 2.33. The van der Waals surface area contributed by atoms with Crippen molar-refractivity contribution in [2.45, 2.75) is 18.7 Å². The third-order valence-electron chi connectivity index (χ3n) is 4.95. The highest BCUT2D eigenvalue weighted by Gasteiger charge is 2.19. The van der Waals surface area contributed by atoms with Crippen LogP contribution in [0.2, 0.25) is 0 Å². The van der Waals surface area contributed by atoms with Crippen LogP contribution in [0.15, 0.2) is 83.8 Å². The van der Waals surface area contributed by atoms with Crippen molar-refractivity contribution in [1.29, 1.82) is 0 Å². The number of hydrogen-bond acceptors (Lipinski definition) is 6. The van der Waals surface area contributed by atoms with Crippen LogP contribution in [0.5, 0.6) is 17.4 Å². The van der Waals surface area contributed by atoms with Gasteiger partial charge in [-0.1, -0.05) is 36.4 Å². The van der Waals surface area contributed by atoms with Gasteiger partial charge in [0, 0.05) is 11.6 Å². The van der Waals surface area contributed by atoms with Crippen molar-refractivity contribution in [3.8, 4) is 28.6 Å². The zero-order valence-corrected chi connectivity index (χ0v) is 19.3. The van der Waals surface area contributed by atoms with Crippen molar-refractivity contribution in [1.82, 2.24) is 9.97 Å². The first-order valence-electron chi connectivity index (χ1n) is 10.2. The largest absolute Gasteiger partial charge is 0.497 e. The highest BCUT2D eigenvalue weighted by atomic mass is 32.2. The molecule has 0 spiro atoms. The Bertz CT molecular complexity index is 1350. The number of aryl methyl sites for hydroxylation is 2. The summed E-state index contributed by atoms with van der Waals surface area (Å²) in [7, 11) is -2.27. The molecule has 3 aromatic carbocycles. The Labute approximate surface area is 193 Å². The molecule has 7 nitrogen and oxygen atoms in total. The molecule has 0 atom stereocenters. The first-order valence-corrected chi connectivity index (χ1v) is 11.7. The van der Waals surface area contributed by atoms with Gasteiger partial charge in [-0.15, -0.1) is 0 Å². The quantitative estimate of drug-likeness (QED) is 0.398. The molecule has 33 heavy (non-hydrogen) atoms. The molecule has 0 unspecified atom stereocenters. The third-order valence-corrected chi connectivity index (χ3v) is 6.29. The number of anilines is 1. The average molecular weight is 462 g/mol. The Balaban J connectivity index is 1.81. The second kappa shape index (κ2) is 9.30. The number of hydrogen-bond donors (Lipinski definition) is 1. The summed E-state index contributed by atoms with van der Waals surface area (Å²) in [5, 5.41) is 0. The molecule has 0 saturated carbocycles. The molecule has 0 fully saturated rings. The third kappa shape index (κ3) is 5.12. The Morgan fingerprint density at radius 1 is 0.788 bits per heavy atom. The molecule has 0 radical (unpaired) electrons. The predicted molar refractivity (Wildman–Crippen MR) is 127 cm³/mol. The Hall–Kier alpha value is -3.91. The van der Waals surface area contributed by atoms with E-state index in [0.717, 1.165) is 22.4 Å². The van der Waals surface area contributed by atoms with Gasteiger partial charge in [0.05, 0.1) is 17.7 Å². The van der Waals surface area contributed by atoms with E-state index in [9.17, 15) is 8.42 Å². The molecule has 0 amide bonds. The van der Waals surface area contributed by atoms with Gasteiger partial charge in [0.1, 0.15) is 11.5 Å². The van der Waals surface area contributed by atoms with Crippen LogP contribution in [-0.2, 0) is 10.0 Å². The van der Waals surface area contributed by atoms with E-state index in [4.69, 9.17) is 9.47 Å². The van der Waals surface area contributed by atoms with Crippen LogP contribution in [0.3, 0.4) is 0 Å². The number of rotatable bonds is 7. The molecule has 4 aromatic rings. The maximum absolute atomic E-state index is 12.9. The van der Waals surface area contributed by atoms with Crippen LogP contribution >= 0.6 is 0 Å². The summed E-state index contributed by atoms with van der Waals surface area (Å²) in [4.78, 5) is 8.93. The lowest BCUT2D eigenvalue weighted by Crippen LogP contribution is -2.15. The summed E-state index contributed by atoms with van der Waals surface area (Å²) in [5.41, 5.74) is 3.22. The second-order valence-electron chi connectivity index (χ2n) is 7.38. The van der Waals surface area contributed by atoms with Crippen LogP contribution in [0.25, 0.3) is 11.3 Å². The van der Waals surface area contributed by atoms with E-state index in [2.05, 4.69) is 14.7 Å². The number of para-hydroxylation sites is 1. The molecule has 0 aliphatic heterocycles. The molecular weight excluding hydrogens is 438 g/mol. The molecule has 0 aliphatic rings. The number of benzene rings is 3. The first-order chi connectivity index (χ1) is 15.9. The fourth-order valence-corrected chi connectivity index (χ4v) is 4.45. The number of nitrogens with one attached hydrogen (secondary N) is 1. The van der Waals surface area contributed by atoms with Gasteiger partial charge in [0.2, 0.25) is 11.8 Å². The lowest BCUT2D eigenvalue weighted by molar-refractivity contribution is 0.414. The second-order valence-corrected chi connectivity index (χ2v) is 9.07. The summed E-state index contributed by atoms with van der Waals surface area (Å²) in [5.74, 6) is 1.43. The van der Waals surface area contributed by atoms with Crippen LogP contribution in [0.4, 0.5) is 5.95 Å². The number of nitrogens with zero attached hydrogens (tertiary/aromatic N) is 2. The molecule has 4 rings (SSSR count). The maximum atomic E-state index is 12.9. The number of ether oxygens (including phenoxy) is 2. The van der Waals surface area contributed by atoms with E-state index in [-0.39, 0.29) is 16.7 Å². The Morgan fingerprint density at radius 3 is 2.00 bits per heavy atom. The van der Waals surface area contributed by atoms with Crippen LogP contribution in [0.1, 0.15) is 11.1 Å². The number of methoxy groups -OCH3 is 1. The SMILES string of the molecule is COc1cc(C)c(-c2cc(Oc3ccccc3)nc(NS(=O)(=O)c3ccccc3)n2)c(C)c1. The van der Waals surface area contributed by atoms with Gasteiger partial charge in [-0.3, -0.25) is 0 Å². The van der Waals surface area contributed by atoms with Crippen molar-refractivity contribution >= 4 is 16.0 Å². The summed E-state index contributed by atoms with van der Waals surface area (Å²) >= 11 is 0. The zero-order valence-electron chi connectivity index (χ0n) is 18.4. The fourth-order valence-electron chi connectivity index (χ4n) is 3.48. The van der Waals surface area contributed by atoms with E-state index in [1.54, 1.807) is 43.5 Å². The van der Waals surface area contributed by atoms with Gasteiger partial charge in [0.15, 0.2) is 0 Å². The van der Waals surface area contributed by atoms with Gasteiger partial charge in [-0.2, -0.15) is 4.98 Å². The average Bonchev–Trinajstić information content (AvgIpc) is 2.79. The number of sulfonamides is 1. The molecule has 0 bridgehead atoms. The van der Waals surface area contributed by atoms with Gasteiger partial charge in [0.25, 0.3) is 10.0 Å². The number of aromatic nitrogens is 2. The molecule has 168 valence electrons. The summed E-state index contributed by atoms with van der Waals surface area (Å²) in [6.07, 6.45) is 0. The van der Waals surface area contributed by atoms with Crippen molar-refractivity contribution in [2.75, 3.05) is 11.8 Å². The van der Waals surface area contributed by atoms with E-state index in [1.165, 1.54) is 12.1 Å². The molecule has 0 aliphatic carbocycles. The molecule has 1 heterocycles. The zero-order chi connectivity index (χ0) is 23.4. The predicted octanol–water partition coefficient (Wildman–Crippen LogP) is 5.36. The van der Waals surface area contributed by atoms with Crippen LogP contribution < -0.4 is 14.2 Å². The summed E-state index contributed by atoms with van der Waals surface area (Å²) < 4.78 is 39.5. The molecule has 1 N–H and O–H groups in total. The Morgan fingerprint density at radius 2 is 1.39 bits per heavy atom. The van der Waals surface area contributed by atoms with Gasteiger partial charge >= 0.3 is 0 Å². The van der Waals surface area contributed by atoms with Crippen molar-refractivity contribution in [3.05, 3.63) is 90.0 Å².